The summed E-state index contributed by atoms with van der Waals surface area (Å²) in [6, 6.07) is 5.15. The molecule has 1 aliphatic carbocycles. The first-order valence-corrected chi connectivity index (χ1v) is 6.01. The number of aromatic carboxylic acids is 1. The molecule has 3 rings (SSSR count). The average Bonchev–Trinajstić information content (AvgIpc) is 2.89. The highest BCUT2D eigenvalue weighted by molar-refractivity contribution is 5.92. The Kier molecular flexibility index (Phi) is 2.47. The van der Waals surface area contributed by atoms with Crippen LogP contribution < -0.4 is 5.32 Å². The van der Waals surface area contributed by atoms with Crippen molar-refractivity contribution < 1.29 is 14.3 Å². The zero-order valence-electron chi connectivity index (χ0n) is 10.0. The van der Waals surface area contributed by atoms with Crippen LogP contribution >= 0.6 is 0 Å². The SMILES string of the molecule is CC1CC1CNc1nc2ccc(C(=O)O)cc2o1. The highest BCUT2D eigenvalue weighted by Crippen LogP contribution is 2.37. The molecular formula is C13H14N2O3. The first-order chi connectivity index (χ1) is 8.63. The van der Waals surface area contributed by atoms with Crippen LogP contribution in [0.2, 0.25) is 0 Å². The number of anilines is 1. The third-order valence-corrected chi connectivity index (χ3v) is 3.43. The fraction of sp³-hybridized carbons (Fsp3) is 0.385. The summed E-state index contributed by atoms with van der Waals surface area (Å²) >= 11 is 0. The number of hydrogen-bond donors (Lipinski definition) is 2. The first-order valence-electron chi connectivity index (χ1n) is 6.01. The van der Waals surface area contributed by atoms with E-state index < -0.39 is 5.97 Å². The van der Waals surface area contributed by atoms with Crippen molar-refractivity contribution in [2.24, 2.45) is 11.8 Å². The smallest absolute Gasteiger partial charge is 0.335 e. The number of oxazole rings is 1. The van der Waals surface area contributed by atoms with Crippen LogP contribution in [0.1, 0.15) is 23.7 Å². The molecule has 1 aromatic carbocycles. The molecule has 2 aromatic rings. The Bertz CT molecular complexity index is 605. The van der Waals surface area contributed by atoms with Gasteiger partial charge in [-0.1, -0.05) is 6.92 Å². The molecule has 0 spiro atoms. The van der Waals surface area contributed by atoms with Crippen molar-refractivity contribution in [1.82, 2.24) is 4.98 Å². The Hall–Kier alpha value is -2.04. The average molecular weight is 246 g/mol. The minimum absolute atomic E-state index is 0.209. The standard InChI is InChI=1S/C13H14N2O3/c1-7-4-9(7)6-14-13-15-10-3-2-8(12(16)17)5-11(10)18-13/h2-3,5,7,9H,4,6H2,1H3,(H,14,15)(H,16,17). The Morgan fingerprint density at radius 2 is 2.39 bits per heavy atom. The van der Waals surface area contributed by atoms with E-state index in [0.29, 0.717) is 23.0 Å². The van der Waals surface area contributed by atoms with Crippen molar-refractivity contribution in [2.75, 3.05) is 11.9 Å². The van der Waals surface area contributed by atoms with Crippen LogP contribution in [0.15, 0.2) is 22.6 Å². The maximum absolute atomic E-state index is 10.8. The molecule has 0 radical (unpaired) electrons. The van der Waals surface area contributed by atoms with E-state index in [-0.39, 0.29) is 5.56 Å². The number of carboxylic acid groups (broad SMARTS) is 1. The van der Waals surface area contributed by atoms with Crippen molar-refractivity contribution in [3.05, 3.63) is 23.8 Å². The summed E-state index contributed by atoms with van der Waals surface area (Å²) in [6.45, 7) is 3.08. The van der Waals surface area contributed by atoms with Gasteiger partial charge in [-0.3, -0.25) is 0 Å². The Balaban J connectivity index is 1.79. The van der Waals surface area contributed by atoms with Gasteiger partial charge in [-0.25, -0.2) is 4.79 Å². The topological polar surface area (TPSA) is 75.4 Å². The zero-order valence-corrected chi connectivity index (χ0v) is 10.0. The lowest BCUT2D eigenvalue weighted by atomic mass is 10.2. The van der Waals surface area contributed by atoms with E-state index in [1.54, 1.807) is 6.07 Å². The van der Waals surface area contributed by atoms with E-state index >= 15 is 0 Å². The van der Waals surface area contributed by atoms with E-state index in [4.69, 9.17) is 9.52 Å². The predicted octanol–water partition coefficient (Wildman–Crippen LogP) is 2.59. The molecule has 18 heavy (non-hydrogen) atoms. The van der Waals surface area contributed by atoms with Crippen LogP contribution in [0, 0.1) is 11.8 Å². The molecule has 94 valence electrons. The number of hydrogen-bond acceptors (Lipinski definition) is 4. The van der Waals surface area contributed by atoms with Crippen LogP contribution in [0.5, 0.6) is 0 Å². The first kappa shape index (κ1) is 11.1. The number of nitrogens with zero attached hydrogens (tertiary/aromatic N) is 1. The molecule has 2 N–H and O–H groups in total. The van der Waals surface area contributed by atoms with Gasteiger partial charge in [0.15, 0.2) is 5.58 Å². The van der Waals surface area contributed by atoms with E-state index in [0.717, 1.165) is 12.5 Å². The fourth-order valence-corrected chi connectivity index (χ4v) is 2.04. The van der Waals surface area contributed by atoms with Crippen molar-refractivity contribution in [1.29, 1.82) is 0 Å². The van der Waals surface area contributed by atoms with Gasteiger partial charge in [-0.15, -0.1) is 0 Å². The van der Waals surface area contributed by atoms with E-state index in [2.05, 4.69) is 17.2 Å². The molecule has 1 aromatic heterocycles. The number of benzene rings is 1. The second-order valence-electron chi connectivity index (χ2n) is 4.86. The van der Waals surface area contributed by atoms with Gasteiger partial charge in [0.05, 0.1) is 5.56 Å². The monoisotopic (exact) mass is 246 g/mol. The number of carboxylic acids is 1. The summed E-state index contributed by atoms with van der Waals surface area (Å²) in [5, 5.41) is 12.0. The minimum atomic E-state index is -0.963. The summed E-state index contributed by atoms with van der Waals surface area (Å²) in [5.74, 6) is 0.518. The van der Waals surface area contributed by atoms with Gasteiger partial charge in [0.2, 0.25) is 0 Å². The number of fused-ring (bicyclic) bond motifs is 1. The second-order valence-corrected chi connectivity index (χ2v) is 4.86. The number of aromatic nitrogens is 1. The minimum Gasteiger partial charge on any atom is -0.478 e. The Morgan fingerprint density at radius 3 is 3.06 bits per heavy atom. The molecule has 0 amide bonds. The molecule has 1 saturated carbocycles. The van der Waals surface area contributed by atoms with Gasteiger partial charge in [-0.2, -0.15) is 4.98 Å². The zero-order chi connectivity index (χ0) is 12.7. The maximum atomic E-state index is 10.8. The number of rotatable bonds is 4. The highest BCUT2D eigenvalue weighted by Gasteiger charge is 2.32. The molecule has 0 bridgehead atoms. The predicted molar refractivity (Wildman–Crippen MR) is 66.7 cm³/mol. The molecule has 2 unspecified atom stereocenters. The van der Waals surface area contributed by atoms with Gasteiger partial charge in [-0.05, 0) is 36.5 Å². The van der Waals surface area contributed by atoms with Crippen molar-refractivity contribution in [2.45, 2.75) is 13.3 Å². The van der Waals surface area contributed by atoms with Crippen molar-refractivity contribution >= 4 is 23.1 Å². The summed E-state index contributed by atoms with van der Waals surface area (Å²) < 4.78 is 5.49. The maximum Gasteiger partial charge on any atom is 0.335 e. The van der Waals surface area contributed by atoms with Gasteiger partial charge >= 0.3 is 5.97 Å². The fourth-order valence-electron chi connectivity index (χ4n) is 2.04. The molecule has 1 aliphatic rings. The third kappa shape index (κ3) is 2.03. The number of carbonyl (C=O) groups is 1. The van der Waals surface area contributed by atoms with Crippen LogP contribution in [-0.4, -0.2) is 22.6 Å². The molecule has 0 aliphatic heterocycles. The van der Waals surface area contributed by atoms with Gasteiger partial charge in [0.25, 0.3) is 6.01 Å². The van der Waals surface area contributed by atoms with Crippen LogP contribution in [0.4, 0.5) is 6.01 Å². The molecule has 1 heterocycles. The Morgan fingerprint density at radius 1 is 1.61 bits per heavy atom. The summed E-state index contributed by atoms with van der Waals surface area (Å²) in [4.78, 5) is 15.1. The molecule has 1 fully saturated rings. The van der Waals surface area contributed by atoms with Crippen LogP contribution in [0.3, 0.4) is 0 Å². The van der Waals surface area contributed by atoms with Crippen molar-refractivity contribution in [3.8, 4) is 0 Å². The van der Waals surface area contributed by atoms with Crippen LogP contribution in [0.25, 0.3) is 11.1 Å². The van der Waals surface area contributed by atoms with Gasteiger partial charge in [0, 0.05) is 6.54 Å². The molecular weight excluding hydrogens is 232 g/mol. The lowest BCUT2D eigenvalue weighted by molar-refractivity contribution is 0.0697. The third-order valence-electron chi connectivity index (χ3n) is 3.43. The largest absolute Gasteiger partial charge is 0.478 e. The summed E-state index contributed by atoms with van der Waals surface area (Å²) in [5.41, 5.74) is 1.38. The van der Waals surface area contributed by atoms with E-state index in [1.807, 2.05) is 0 Å². The normalized spacial score (nSPS) is 22.1. The lowest BCUT2D eigenvalue weighted by Gasteiger charge is -1.97. The Labute approximate surface area is 104 Å². The summed E-state index contributed by atoms with van der Waals surface area (Å²) in [6.07, 6.45) is 1.25. The molecule has 0 saturated heterocycles. The van der Waals surface area contributed by atoms with E-state index in [1.165, 1.54) is 18.6 Å². The summed E-state index contributed by atoms with van der Waals surface area (Å²) in [7, 11) is 0. The molecule has 5 heteroatoms. The molecule has 5 nitrogen and oxygen atoms in total. The van der Waals surface area contributed by atoms with Gasteiger partial charge < -0.3 is 14.8 Å². The quantitative estimate of drug-likeness (QED) is 0.867. The van der Waals surface area contributed by atoms with E-state index in [9.17, 15) is 4.79 Å². The van der Waals surface area contributed by atoms with Crippen molar-refractivity contribution in [3.63, 3.8) is 0 Å². The van der Waals surface area contributed by atoms with Gasteiger partial charge in [0.1, 0.15) is 5.52 Å². The number of nitrogens with one attached hydrogen (secondary N) is 1. The highest BCUT2D eigenvalue weighted by atomic mass is 16.4. The molecule has 2 atom stereocenters. The lowest BCUT2D eigenvalue weighted by Crippen LogP contribution is -2.04. The second kappa shape index (κ2) is 4.01. The van der Waals surface area contributed by atoms with Crippen LogP contribution in [-0.2, 0) is 0 Å².